The van der Waals surface area contributed by atoms with E-state index >= 15 is 0 Å². The lowest BCUT2D eigenvalue weighted by atomic mass is 9.94. The summed E-state index contributed by atoms with van der Waals surface area (Å²) in [6.07, 6.45) is 0. The summed E-state index contributed by atoms with van der Waals surface area (Å²) in [5, 5.41) is 12.6. The van der Waals surface area contributed by atoms with E-state index in [4.69, 9.17) is 15.2 Å². The number of hydrogen-bond acceptors (Lipinski definition) is 3. The molecule has 5 nitrogen and oxygen atoms in total. The first-order chi connectivity index (χ1) is 17.3. The van der Waals surface area contributed by atoms with Gasteiger partial charge in [0.25, 0.3) is 0 Å². The third-order valence-corrected chi connectivity index (χ3v) is 9.37. The van der Waals surface area contributed by atoms with Crippen molar-refractivity contribution in [1.29, 1.82) is 0 Å². The lowest BCUT2D eigenvalue weighted by Crippen LogP contribution is -2.13. The fourth-order valence-electron chi connectivity index (χ4n) is 6.10. The Morgan fingerprint density at radius 2 is 0.649 bits per heavy atom. The standard InChI is InChI=1S/C32H39N5/c1-14-16(3)21(8)29-27(19(14)6)25(12)34-36(29)31-23(10)18(5)24(11)32(33-31)37-30-22(9)17(4)15(2)20(7)28(30)26(13)35-37/h1-13H3. The minimum atomic E-state index is 0.876. The van der Waals surface area contributed by atoms with Gasteiger partial charge in [-0.1, -0.05) is 0 Å². The predicted molar refractivity (Wildman–Crippen MR) is 155 cm³/mol. The van der Waals surface area contributed by atoms with Gasteiger partial charge in [-0.05, 0) is 151 Å². The zero-order valence-electron chi connectivity index (χ0n) is 24.7. The molecule has 3 heterocycles. The molecule has 5 rings (SSSR count). The van der Waals surface area contributed by atoms with E-state index in [0.29, 0.717) is 0 Å². The number of rotatable bonds is 2. The van der Waals surface area contributed by atoms with Gasteiger partial charge in [-0.3, -0.25) is 0 Å². The largest absolute Gasteiger partial charge is 0.214 e. The van der Waals surface area contributed by atoms with Gasteiger partial charge in [0, 0.05) is 10.8 Å². The molecule has 192 valence electrons. The highest BCUT2D eigenvalue weighted by atomic mass is 15.4. The van der Waals surface area contributed by atoms with Crippen LogP contribution in [0.3, 0.4) is 0 Å². The Balaban J connectivity index is 1.92. The Hall–Kier alpha value is -3.47. The van der Waals surface area contributed by atoms with Crippen LogP contribution < -0.4 is 0 Å². The molecule has 0 saturated carbocycles. The number of benzene rings is 2. The summed E-state index contributed by atoms with van der Waals surface area (Å²) in [4.78, 5) is 5.35. The number of nitrogens with zero attached hydrogens (tertiary/aromatic N) is 5. The molecule has 0 N–H and O–H groups in total. The molecular formula is C32H39N5. The molecule has 37 heavy (non-hydrogen) atoms. The van der Waals surface area contributed by atoms with Crippen LogP contribution in [0.2, 0.25) is 0 Å². The molecule has 0 amide bonds. The minimum absolute atomic E-state index is 0.876. The van der Waals surface area contributed by atoms with Crippen LogP contribution in [-0.2, 0) is 0 Å². The smallest absolute Gasteiger partial charge is 0.159 e. The van der Waals surface area contributed by atoms with Crippen molar-refractivity contribution in [3.05, 3.63) is 72.6 Å². The number of aromatic nitrogens is 5. The summed E-state index contributed by atoms with van der Waals surface area (Å²) in [5.41, 5.74) is 18.3. The van der Waals surface area contributed by atoms with Crippen molar-refractivity contribution in [1.82, 2.24) is 24.5 Å². The number of hydrogen-bond donors (Lipinski definition) is 0. The van der Waals surface area contributed by atoms with Crippen LogP contribution >= 0.6 is 0 Å². The Labute approximate surface area is 220 Å². The van der Waals surface area contributed by atoms with Crippen molar-refractivity contribution in [3.8, 4) is 11.6 Å². The molecule has 5 heteroatoms. The molecule has 2 aromatic carbocycles. The van der Waals surface area contributed by atoms with E-state index < -0.39 is 0 Å². The second kappa shape index (κ2) is 8.27. The summed E-state index contributed by atoms with van der Waals surface area (Å²) in [6, 6.07) is 0. The summed E-state index contributed by atoms with van der Waals surface area (Å²) < 4.78 is 4.16. The highest BCUT2D eigenvalue weighted by Gasteiger charge is 2.24. The number of pyridine rings is 1. The maximum absolute atomic E-state index is 5.35. The van der Waals surface area contributed by atoms with Crippen LogP contribution in [0.1, 0.15) is 72.6 Å². The monoisotopic (exact) mass is 493 g/mol. The fraction of sp³-hybridized carbons (Fsp3) is 0.406. The third kappa shape index (κ3) is 3.25. The van der Waals surface area contributed by atoms with E-state index in [0.717, 1.165) is 45.2 Å². The van der Waals surface area contributed by atoms with E-state index in [9.17, 15) is 0 Å². The highest BCUT2D eigenvalue weighted by molar-refractivity contribution is 5.92. The maximum atomic E-state index is 5.35. The first kappa shape index (κ1) is 25.2. The van der Waals surface area contributed by atoms with Crippen LogP contribution in [-0.4, -0.2) is 24.5 Å². The third-order valence-electron chi connectivity index (χ3n) is 9.37. The molecule has 0 aliphatic carbocycles. The van der Waals surface area contributed by atoms with Crippen molar-refractivity contribution < 1.29 is 0 Å². The molecule has 5 aromatic rings. The topological polar surface area (TPSA) is 48.5 Å². The molecule has 0 aliphatic heterocycles. The normalized spacial score (nSPS) is 11.9. The Morgan fingerprint density at radius 1 is 0.351 bits per heavy atom. The summed E-state index contributed by atoms with van der Waals surface area (Å²) in [5.74, 6) is 1.75. The van der Waals surface area contributed by atoms with E-state index in [1.165, 1.54) is 60.8 Å². The van der Waals surface area contributed by atoms with Gasteiger partial charge in [-0.2, -0.15) is 10.2 Å². The van der Waals surface area contributed by atoms with E-state index in [2.05, 4.69) is 99.4 Å². The molecule has 0 radical (unpaired) electrons. The maximum Gasteiger partial charge on any atom is 0.159 e. The Kier molecular flexibility index (Phi) is 5.63. The van der Waals surface area contributed by atoms with Crippen molar-refractivity contribution in [3.63, 3.8) is 0 Å². The predicted octanol–water partition coefficient (Wildman–Crippen LogP) is 7.77. The zero-order valence-corrected chi connectivity index (χ0v) is 24.7. The van der Waals surface area contributed by atoms with E-state index in [1.54, 1.807) is 0 Å². The average Bonchev–Trinajstić information content (AvgIpc) is 3.39. The van der Waals surface area contributed by atoms with Gasteiger partial charge < -0.3 is 0 Å². The number of fused-ring (bicyclic) bond motifs is 2. The second-order valence-corrected chi connectivity index (χ2v) is 11.1. The summed E-state index contributed by atoms with van der Waals surface area (Å²) >= 11 is 0. The SMILES string of the molecule is Cc1c(-n2nc(C)c3c(C)c(C)c(C)c(C)c32)nc(-n2nc(C)c3c(C)c(C)c(C)c(C)c32)c(C)c1C. The minimum Gasteiger partial charge on any atom is -0.214 e. The first-order valence-corrected chi connectivity index (χ1v) is 13.2. The van der Waals surface area contributed by atoms with Crippen molar-refractivity contribution in [2.75, 3.05) is 0 Å². The van der Waals surface area contributed by atoms with Crippen LogP contribution in [0.5, 0.6) is 0 Å². The van der Waals surface area contributed by atoms with Gasteiger partial charge in [0.05, 0.1) is 22.4 Å². The molecular weight excluding hydrogens is 454 g/mol. The van der Waals surface area contributed by atoms with Crippen molar-refractivity contribution in [2.24, 2.45) is 0 Å². The molecule has 0 bridgehead atoms. The van der Waals surface area contributed by atoms with Crippen LogP contribution in [0.4, 0.5) is 0 Å². The Bertz CT molecular complexity index is 1670. The van der Waals surface area contributed by atoms with Gasteiger partial charge in [0.15, 0.2) is 11.6 Å². The number of aryl methyl sites for hydroxylation is 6. The molecule has 0 saturated heterocycles. The lowest BCUT2D eigenvalue weighted by molar-refractivity contribution is 0.797. The van der Waals surface area contributed by atoms with E-state index in [-0.39, 0.29) is 0 Å². The van der Waals surface area contributed by atoms with Crippen LogP contribution in [0.15, 0.2) is 0 Å². The quantitative estimate of drug-likeness (QED) is 0.252. The van der Waals surface area contributed by atoms with Crippen molar-refractivity contribution in [2.45, 2.75) is 90.0 Å². The van der Waals surface area contributed by atoms with Crippen LogP contribution in [0.25, 0.3) is 33.4 Å². The molecule has 0 aliphatic rings. The second-order valence-electron chi connectivity index (χ2n) is 11.1. The zero-order chi connectivity index (χ0) is 27.2. The summed E-state index contributed by atoms with van der Waals surface area (Å²) in [6.45, 7) is 28.4. The van der Waals surface area contributed by atoms with Gasteiger partial charge >= 0.3 is 0 Å². The van der Waals surface area contributed by atoms with E-state index in [1.807, 2.05) is 0 Å². The molecule has 0 fully saturated rings. The lowest BCUT2D eigenvalue weighted by Gasteiger charge is -2.19. The molecule has 0 unspecified atom stereocenters. The van der Waals surface area contributed by atoms with Crippen molar-refractivity contribution >= 4 is 21.8 Å². The molecule has 0 spiro atoms. The van der Waals surface area contributed by atoms with Crippen LogP contribution in [0, 0.1) is 90.0 Å². The average molecular weight is 494 g/mol. The van der Waals surface area contributed by atoms with Gasteiger partial charge in [0.2, 0.25) is 0 Å². The fourth-order valence-corrected chi connectivity index (χ4v) is 6.10. The summed E-state index contributed by atoms with van der Waals surface area (Å²) in [7, 11) is 0. The molecule has 3 aromatic heterocycles. The first-order valence-electron chi connectivity index (χ1n) is 13.2. The van der Waals surface area contributed by atoms with Gasteiger partial charge in [-0.15, -0.1) is 0 Å². The highest BCUT2D eigenvalue weighted by Crippen LogP contribution is 2.36. The van der Waals surface area contributed by atoms with Gasteiger partial charge in [-0.25, -0.2) is 14.3 Å². The molecule has 0 atom stereocenters. The Morgan fingerprint density at radius 3 is 1.00 bits per heavy atom. The van der Waals surface area contributed by atoms with Gasteiger partial charge in [0.1, 0.15) is 0 Å².